The molecule has 4 nitrogen and oxygen atoms in total. The number of hydrogen-bond donors (Lipinski definition) is 2. The van der Waals surface area contributed by atoms with Crippen molar-refractivity contribution in [3.63, 3.8) is 0 Å². The topological polar surface area (TPSA) is 66.4 Å². The average Bonchev–Trinajstić information content (AvgIpc) is 2.26. The Balaban J connectivity index is 3.08. The van der Waals surface area contributed by atoms with Gasteiger partial charge in [-0.15, -0.1) is 0 Å². The van der Waals surface area contributed by atoms with Crippen molar-refractivity contribution in [2.75, 3.05) is 0 Å². The van der Waals surface area contributed by atoms with Crippen LogP contribution in [0.5, 0.6) is 0 Å². The number of alkyl halides is 3. The number of carbonyl (C=O) groups excluding carboxylic acids is 1. The van der Waals surface area contributed by atoms with Gasteiger partial charge in [0.05, 0.1) is 18.0 Å². The molecule has 2 N–H and O–H groups in total. The van der Waals surface area contributed by atoms with Gasteiger partial charge in [0.15, 0.2) is 0 Å². The van der Waals surface area contributed by atoms with E-state index in [4.69, 9.17) is 5.11 Å². The van der Waals surface area contributed by atoms with Gasteiger partial charge in [0.2, 0.25) is 5.91 Å². The van der Waals surface area contributed by atoms with Crippen LogP contribution >= 0.6 is 0 Å². The average molecular weight is 275 g/mol. The highest BCUT2D eigenvalue weighted by atomic mass is 19.4. The maximum atomic E-state index is 12.6. The van der Waals surface area contributed by atoms with Gasteiger partial charge in [-0.25, -0.2) is 0 Å². The Morgan fingerprint density at radius 3 is 2.47 bits per heavy atom. The number of amides is 1. The first-order valence-electron chi connectivity index (χ1n) is 5.36. The minimum Gasteiger partial charge on any atom is -0.481 e. The van der Waals surface area contributed by atoms with E-state index in [-0.39, 0.29) is 5.56 Å². The van der Waals surface area contributed by atoms with Crippen LogP contribution in [0, 0.1) is 0 Å². The lowest BCUT2D eigenvalue weighted by Gasteiger charge is -2.17. The molecule has 0 saturated heterocycles. The number of nitrogens with one attached hydrogen (secondary N) is 1. The van der Waals surface area contributed by atoms with E-state index in [0.29, 0.717) is 0 Å². The Hall–Kier alpha value is -2.05. The minimum atomic E-state index is -4.51. The van der Waals surface area contributed by atoms with Crippen molar-refractivity contribution in [3.05, 3.63) is 35.4 Å². The lowest BCUT2D eigenvalue weighted by Crippen LogP contribution is -2.28. The zero-order valence-electron chi connectivity index (χ0n) is 9.99. The van der Waals surface area contributed by atoms with Crippen molar-refractivity contribution in [2.24, 2.45) is 0 Å². The summed E-state index contributed by atoms with van der Waals surface area (Å²) in [6.45, 7) is 1.17. The maximum absolute atomic E-state index is 12.6. The van der Waals surface area contributed by atoms with Gasteiger partial charge in [-0.05, 0) is 17.7 Å². The standard InChI is InChI=1S/C12H12F3NO3/c1-7(17)16-10(6-11(18)19)8-3-2-4-9(5-8)12(13,14)15/h2-5,10H,6H2,1H3,(H,16,17)(H,18,19)/t10-/m0/s1. The predicted octanol–water partition coefficient (Wildman–Crippen LogP) is 2.36. The van der Waals surface area contributed by atoms with Crippen LogP contribution in [0.25, 0.3) is 0 Å². The first kappa shape index (κ1) is 15.0. The highest BCUT2D eigenvalue weighted by Crippen LogP contribution is 2.31. The first-order valence-corrected chi connectivity index (χ1v) is 5.36. The Bertz CT molecular complexity index is 469. The molecule has 0 aromatic heterocycles. The van der Waals surface area contributed by atoms with E-state index in [2.05, 4.69) is 5.32 Å². The summed E-state index contributed by atoms with van der Waals surface area (Å²) in [5.41, 5.74) is -0.779. The van der Waals surface area contributed by atoms with Crippen molar-refractivity contribution in [3.8, 4) is 0 Å². The second-order valence-corrected chi connectivity index (χ2v) is 3.97. The molecule has 0 bridgehead atoms. The van der Waals surface area contributed by atoms with Crippen LogP contribution in [0.1, 0.15) is 30.5 Å². The second-order valence-electron chi connectivity index (χ2n) is 3.97. The van der Waals surface area contributed by atoms with Crippen LogP contribution in [-0.4, -0.2) is 17.0 Å². The first-order chi connectivity index (χ1) is 8.70. The highest BCUT2D eigenvalue weighted by Gasteiger charge is 2.31. The molecule has 1 amide bonds. The molecule has 0 saturated carbocycles. The van der Waals surface area contributed by atoms with Gasteiger partial charge in [-0.3, -0.25) is 9.59 Å². The minimum absolute atomic E-state index is 0.104. The van der Waals surface area contributed by atoms with Crippen LogP contribution in [0.2, 0.25) is 0 Å². The Morgan fingerprint density at radius 2 is 2.00 bits per heavy atom. The molecule has 0 fully saturated rings. The fourth-order valence-electron chi connectivity index (χ4n) is 1.60. The van der Waals surface area contributed by atoms with E-state index in [1.54, 1.807) is 0 Å². The van der Waals surface area contributed by atoms with Gasteiger partial charge < -0.3 is 10.4 Å². The summed E-state index contributed by atoms with van der Waals surface area (Å²) < 4.78 is 37.7. The fourth-order valence-corrected chi connectivity index (χ4v) is 1.60. The maximum Gasteiger partial charge on any atom is 0.416 e. The van der Waals surface area contributed by atoms with Crippen molar-refractivity contribution in [2.45, 2.75) is 25.6 Å². The molecule has 1 aromatic rings. The second kappa shape index (κ2) is 5.73. The summed E-state index contributed by atoms with van der Waals surface area (Å²) in [6.07, 6.45) is -5.00. The molecule has 104 valence electrons. The molecule has 0 aliphatic rings. The van der Waals surface area contributed by atoms with E-state index in [1.165, 1.54) is 19.1 Å². The zero-order valence-corrected chi connectivity index (χ0v) is 9.99. The summed E-state index contributed by atoms with van der Waals surface area (Å²) in [5, 5.41) is 11.0. The molecule has 0 radical (unpaired) electrons. The van der Waals surface area contributed by atoms with Crippen molar-refractivity contribution < 1.29 is 27.9 Å². The van der Waals surface area contributed by atoms with Gasteiger partial charge in [-0.1, -0.05) is 12.1 Å². The Labute approximate surface area is 107 Å². The highest BCUT2D eigenvalue weighted by molar-refractivity contribution is 5.75. The summed E-state index contributed by atoms with van der Waals surface area (Å²) in [6, 6.07) is 3.25. The van der Waals surface area contributed by atoms with Crippen molar-refractivity contribution >= 4 is 11.9 Å². The van der Waals surface area contributed by atoms with Crippen LogP contribution in [0.4, 0.5) is 13.2 Å². The number of aliphatic carboxylic acids is 1. The summed E-state index contributed by atoms with van der Waals surface area (Å²) in [4.78, 5) is 21.6. The molecule has 0 spiro atoms. The third-order valence-corrected chi connectivity index (χ3v) is 2.37. The third kappa shape index (κ3) is 4.61. The molecule has 0 aliphatic carbocycles. The molecular weight excluding hydrogens is 263 g/mol. The van der Waals surface area contributed by atoms with Gasteiger partial charge in [0, 0.05) is 6.92 Å². The number of carboxylic acids is 1. The normalized spacial score (nSPS) is 12.8. The number of rotatable bonds is 4. The quantitative estimate of drug-likeness (QED) is 0.886. The largest absolute Gasteiger partial charge is 0.481 e. The molecular formula is C12H12F3NO3. The van der Waals surface area contributed by atoms with E-state index >= 15 is 0 Å². The van der Waals surface area contributed by atoms with E-state index in [1.807, 2.05) is 0 Å². The third-order valence-electron chi connectivity index (χ3n) is 2.37. The molecule has 0 unspecified atom stereocenters. The number of benzene rings is 1. The Morgan fingerprint density at radius 1 is 1.37 bits per heavy atom. The molecule has 1 aromatic carbocycles. The lowest BCUT2D eigenvalue weighted by atomic mass is 10.0. The predicted molar refractivity (Wildman–Crippen MR) is 60.3 cm³/mol. The summed E-state index contributed by atoms with van der Waals surface area (Å²) in [5.74, 6) is -1.72. The summed E-state index contributed by atoms with van der Waals surface area (Å²) >= 11 is 0. The smallest absolute Gasteiger partial charge is 0.416 e. The van der Waals surface area contributed by atoms with E-state index < -0.39 is 36.1 Å². The van der Waals surface area contributed by atoms with E-state index in [9.17, 15) is 22.8 Å². The molecule has 0 heterocycles. The van der Waals surface area contributed by atoms with Crippen LogP contribution in [-0.2, 0) is 15.8 Å². The van der Waals surface area contributed by atoms with Gasteiger partial charge in [0.1, 0.15) is 0 Å². The van der Waals surface area contributed by atoms with Crippen molar-refractivity contribution in [1.29, 1.82) is 0 Å². The lowest BCUT2D eigenvalue weighted by molar-refractivity contribution is -0.138. The molecule has 19 heavy (non-hydrogen) atoms. The fraction of sp³-hybridized carbons (Fsp3) is 0.333. The number of hydrogen-bond acceptors (Lipinski definition) is 2. The van der Waals surface area contributed by atoms with E-state index in [0.717, 1.165) is 12.1 Å². The van der Waals surface area contributed by atoms with Gasteiger partial charge >= 0.3 is 12.1 Å². The SMILES string of the molecule is CC(=O)N[C@@H](CC(=O)O)c1cccc(C(F)(F)F)c1. The Kier molecular flexibility index (Phi) is 4.52. The number of carboxylic acid groups (broad SMARTS) is 1. The molecule has 1 rings (SSSR count). The molecule has 0 aliphatic heterocycles. The summed E-state index contributed by atoms with van der Waals surface area (Å²) in [7, 11) is 0. The van der Waals surface area contributed by atoms with Crippen LogP contribution in [0.15, 0.2) is 24.3 Å². The molecule has 7 heteroatoms. The zero-order chi connectivity index (χ0) is 14.6. The molecule has 1 atom stereocenters. The van der Waals surface area contributed by atoms with Crippen molar-refractivity contribution in [1.82, 2.24) is 5.32 Å². The van der Waals surface area contributed by atoms with Crippen LogP contribution in [0.3, 0.4) is 0 Å². The van der Waals surface area contributed by atoms with Gasteiger partial charge in [0.25, 0.3) is 0 Å². The van der Waals surface area contributed by atoms with Gasteiger partial charge in [-0.2, -0.15) is 13.2 Å². The van der Waals surface area contributed by atoms with Crippen LogP contribution < -0.4 is 5.32 Å². The monoisotopic (exact) mass is 275 g/mol. The number of carbonyl (C=O) groups is 2. The number of halogens is 3.